The predicted molar refractivity (Wildman–Crippen MR) is 83.1 cm³/mol. The largest absolute Gasteiger partial charge is 0.504 e. The second-order valence-corrected chi connectivity index (χ2v) is 6.65. The predicted octanol–water partition coefficient (Wildman–Crippen LogP) is 4.44. The summed E-state index contributed by atoms with van der Waals surface area (Å²) in [6.45, 7) is 12.4. The van der Waals surface area contributed by atoms with Gasteiger partial charge >= 0.3 is 0 Å². The molecule has 0 aliphatic heterocycles. The zero-order valence-electron chi connectivity index (χ0n) is 13.2. The Morgan fingerprint density at radius 3 is 2.25 bits per heavy atom. The Balaban J connectivity index is 2.75. The minimum atomic E-state index is -0.179. The van der Waals surface area contributed by atoms with Gasteiger partial charge in [0.2, 0.25) is 0 Å². The van der Waals surface area contributed by atoms with Crippen LogP contribution in [0, 0.1) is 6.92 Å². The molecule has 1 heterocycles. The van der Waals surface area contributed by atoms with Crippen LogP contribution < -0.4 is 0 Å². The second-order valence-electron chi connectivity index (χ2n) is 6.65. The minimum absolute atomic E-state index is 0.179. The van der Waals surface area contributed by atoms with E-state index in [-0.39, 0.29) is 11.5 Å². The summed E-state index contributed by atoms with van der Waals surface area (Å²) in [6, 6.07) is 8.31. The first kappa shape index (κ1) is 14.6. The van der Waals surface area contributed by atoms with Crippen LogP contribution in [0.3, 0.4) is 0 Å². The normalized spacial score (nSPS) is 12.2. The highest BCUT2D eigenvalue weighted by molar-refractivity contribution is 5.71. The standard InChI is InChI=1S/C17H24N2O/c1-11(2)19-14(13-10-8-7-9-12(13)3)15(20)16(18-19)17(4,5)6/h7-11,20H,1-6H3. The van der Waals surface area contributed by atoms with Gasteiger partial charge in [-0.2, -0.15) is 5.10 Å². The van der Waals surface area contributed by atoms with Crippen molar-refractivity contribution in [2.24, 2.45) is 0 Å². The second kappa shape index (κ2) is 4.97. The third-order valence-corrected chi connectivity index (χ3v) is 3.49. The molecule has 0 amide bonds. The molecule has 0 bridgehead atoms. The number of rotatable bonds is 2. The number of hydrogen-bond acceptors (Lipinski definition) is 2. The molecule has 0 atom stereocenters. The van der Waals surface area contributed by atoms with E-state index in [0.717, 1.165) is 22.5 Å². The quantitative estimate of drug-likeness (QED) is 0.877. The summed E-state index contributed by atoms with van der Waals surface area (Å²) in [6.07, 6.45) is 0. The summed E-state index contributed by atoms with van der Waals surface area (Å²) in [5.41, 5.74) is 3.58. The molecule has 108 valence electrons. The Morgan fingerprint density at radius 2 is 1.75 bits per heavy atom. The molecule has 1 aromatic carbocycles. The Kier molecular flexibility index (Phi) is 3.63. The van der Waals surface area contributed by atoms with Crippen molar-refractivity contribution in [3.05, 3.63) is 35.5 Å². The molecule has 0 radical (unpaired) electrons. The van der Waals surface area contributed by atoms with Crippen molar-refractivity contribution in [2.45, 2.75) is 53.0 Å². The van der Waals surface area contributed by atoms with Crippen molar-refractivity contribution in [2.75, 3.05) is 0 Å². The summed E-state index contributed by atoms with van der Waals surface area (Å²) >= 11 is 0. The highest BCUT2D eigenvalue weighted by Gasteiger charge is 2.28. The monoisotopic (exact) mass is 272 g/mol. The number of benzene rings is 1. The third kappa shape index (κ3) is 2.45. The lowest BCUT2D eigenvalue weighted by Gasteiger charge is -2.15. The van der Waals surface area contributed by atoms with Gasteiger partial charge in [0, 0.05) is 17.0 Å². The lowest BCUT2D eigenvalue weighted by atomic mass is 9.90. The van der Waals surface area contributed by atoms with Crippen LogP contribution in [-0.2, 0) is 5.41 Å². The highest BCUT2D eigenvalue weighted by atomic mass is 16.3. The molecule has 20 heavy (non-hydrogen) atoms. The Hall–Kier alpha value is -1.77. The molecule has 0 aliphatic carbocycles. The van der Waals surface area contributed by atoms with Gasteiger partial charge in [-0.1, -0.05) is 45.0 Å². The zero-order valence-corrected chi connectivity index (χ0v) is 13.2. The van der Waals surface area contributed by atoms with Crippen molar-refractivity contribution in [3.8, 4) is 17.0 Å². The Labute approximate surface area is 121 Å². The first-order valence-corrected chi connectivity index (χ1v) is 7.11. The van der Waals surface area contributed by atoms with Crippen LogP contribution >= 0.6 is 0 Å². The number of aromatic nitrogens is 2. The van der Waals surface area contributed by atoms with Crippen molar-refractivity contribution in [1.29, 1.82) is 0 Å². The zero-order chi connectivity index (χ0) is 15.1. The lowest BCUT2D eigenvalue weighted by Crippen LogP contribution is -2.13. The summed E-state index contributed by atoms with van der Waals surface area (Å²) in [7, 11) is 0. The average molecular weight is 272 g/mol. The fraction of sp³-hybridized carbons (Fsp3) is 0.471. The molecule has 3 nitrogen and oxygen atoms in total. The van der Waals surface area contributed by atoms with E-state index in [1.165, 1.54) is 0 Å². The van der Waals surface area contributed by atoms with Crippen LogP contribution in [0.1, 0.15) is 51.9 Å². The molecule has 3 heteroatoms. The van der Waals surface area contributed by atoms with Crippen molar-refractivity contribution in [1.82, 2.24) is 9.78 Å². The van der Waals surface area contributed by atoms with Crippen molar-refractivity contribution < 1.29 is 5.11 Å². The maximum absolute atomic E-state index is 10.7. The van der Waals surface area contributed by atoms with Crippen molar-refractivity contribution in [3.63, 3.8) is 0 Å². The van der Waals surface area contributed by atoms with Gasteiger partial charge in [0.25, 0.3) is 0 Å². The first-order chi connectivity index (χ1) is 9.23. The van der Waals surface area contributed by atoms with Crippen LogP contribution in [0.4, 0.5) is 0 Å². The molecule has 0 unspecified atom stereocenters. The lowest BCUT2D eigenvalue weighted by molar-refractivity contribution is 0.445. The van der Waals surface area contributed by atoms with Crippen LogP contribution in [0.15, 0.2) is 24.3 Å². The molecule has 0 saturated carbocycles. The Bertz CT molecular complexity index is 618. The molecule has 0 spiro atoms. The number of aromatic hydroxyl groups is 1. The van der Waals surface area contributed by atoms with Gasteiger partial charge in [0.05, 0.1) is 0 Å². The highest BCUT2D eigenvalue weighted by Crippen LogP contribution is 2.40. The Morgan fingerprint density at radius 1 is 1.15 bits per heavy atom. The fourth-order valence-corrected chi connectivity index (χ4v) is 2.39. The molecule has 2 aromatic rings. The van der Waals surface area contributed by atoms with Crippen molar-refractivity contribution >= 4 is 0 Å². The number of nitrogens with zero attached hydrogens (tertiary/aromatic N) is 2. The molecule has 2 rings (SSSR count). The van der Waals surface area contributed by atoms with E-state index >= 15 is 0 Å². The molecule has 1 N–H and O–H groups in total. The van der Waals surface area contributed by atoms with Crippen LogP contribution in [0.2, 0.25) is 0 Å². The van der Waals surface area contributed by atoms with Gasteiger partial charge < -0.3 is 5.11 Å². The van der Waals surface area contributed by atoms with E-state index in [9.17, 15) is 5.11 Å². The molecule has 1 aromatic heterocycles. The van der Waals surface area contributed by atoms with Crippen LogP contribution in [0.5, 0.6) is 5.75 Å². The maximum atomic E-state index is 10.7. The number of aryl methyl sites for hydroxylation is 1. The van der Waals surface area contributed by atoms with Gasteiger partial charge in [0.1, 0.15) is 11.4 Å². The maximum Gasteiger partial charge on any atom is 0.165 e. The van der Waals surface area contributed by atoms with E-state index in [1.807, 2.05) is 22.9 Å². The summed E-state index contributed by atoms with van der Waals surface area (Å²) in [5.74, 6) is 0.306. The summed E-state index contributed by atoms with van der Waals surface area (Å²) < 4.78 is 1.93. The summed E-state index contributed by atoms with van der Waals surface area (Å²) in [4.78, 5) is 0. The summed E-state index contributed by atoms with van der Waals surface area (Å²) in [5, 5.41) is 15.4. The SMILES string of the molecule is Cc1ccccc1-c1c(O)c(C(C)(C)C)nn1C(C)C. The molecular formula is C17H24N2O. The minimum Gasteiger partial charge on any atom is -0.504 e. The third-order valence-electron chi connectivity index (χ3n) is 3.49. The van der Waals surface area contributed by atoms with E-state index in [0.29, 0.717) is 5.75 Å². The van der Waals surface area contributed by atoms with Crippen LogP contribution in [0.25, 0.3) is 11.3 Å². The van der Waals surface area contributed by atoms with Gasteiger partial charge in [-0.3, -0.25) is 4.68 Å². The van der Waals surface area contributed by atoms with Crippen LogP contribution in [-0.4, -0.2) is 14.9 Å². The molecule has 0 fully saturated rings. The molecule has 0 saturated heterocycles. The number of hydrogen-bond donors (Lipinski definition) is 1. The first-order valence-electron chi connectivity index (χ1n) is 7.11. The van der Waals surface area contributed by atoms with E-state index in [2.05, 4.69) is 52.7 Å². The van der Waals surface area contributed by atoms with E-state index < -0.39 is 0 Å². The average Bonchev–Trinajstić information content (AvgIpc) is 2.67. The van der Waals surface area contributed by atoms with E-state index in [1.54, 1.807) is 0 Å². The molecule has 0 aliphatic rings. The van der Waals surface area contributed by atoms with Gasteiger partial charge in [0.15, 0.2) is 5.75 Å². The van der Waals surface area contributed by atoms with E-state index in [4.69, 9.17) is 0 Å². The molecular weight excluding hydrogens is 248 g/mol. The van der Waals surface area contributed by atoms with Gasteiger partial charge in [-0.25, -0.2) is 0 Å². The smallest absolute Gasteiger partial charge is 0.165 e. The topological polar surface area (TPSA) is 38.1 Å². The fourth-order valence-electron chi connectivity index (χ4n) is 2.39. The van der Waals surface area contributed by atoms with Gasteiger partial charge in [-0.05, 0) is 26.3 Å². The van der Waals surface area contributed by atoms with Gasteiger partial charge in [-0.15, -0.1) is 0 Å².